The lowest BCUT2D eigenvalue weighted by atomic mass is 9.82. The maximum Gasteiger partial charge on any atom is 0.111 e. The monoisotopic (exact) mass is 704 g/mol. The van der Waals surface area contributed by atoms with E-state index in [0.717, 1.165) is 17.1 Å². The van der Waals surface area contributed by atoms with Gasteiger partial charge < -0.3 is 0 Å². The SMILES string of the molecule is CC(=N/C(=C1/C=CC=CC1C)c1ccc2ccccc2c1)n1c2cc3c(cc2c2cc4c5ccccc5c5ccccc5c4cc21)-c1ccccc1C3(C)C. The molecule has 0 N–H and O–H groups in total. The Kier molecular flexibility index (Phi) is 6.83. The highest BCUT2D eigenvalue weighted by Crippen LogP contribution is 2.51. The molecule has 0 saturated carbocycles. The van der Waals surface area contributed by atoms with Gasteiger partial charge in [0.25, 0.3) is 0 Å². The topological polar surface area (TPSA) is 17.3 Å². The Labute approximate surface area is 321 Å². The molecule has 2 aliphatic carbocycles. The third-order valence-corrected chi connectivity index (χ3v) is 12.5. The number of benzene rings is 8. The number of rotatable bonds is 2. The zero-order valence-corrected chi connectivity index (χ0v) is 31.6. The van der Waals surface area contributed by atoms with E-state index in [1.807, 2.05) is 0 Å². The molecule has 55 heavy (non-hydrogen) atoms. The van der Waals surface area contributed by atoms with Crippen LogP contribution < -0.4 is 0 Å². The van der Waals surface area contributed by atoms with Crippen molar-refractivity contribution in [1.29, 1.82) is 0 Å². The van der Waals surface area contributed by atoms with E-state index < -0.39 is 0 Å². The summed E-state index contributed by atoms with van der Waals surface area (Å²) in [5.74, 6) is 1.18. The van der Waals surface area contributed by atoms with Gasteiger partial charge in [0.15, 0.2) is 0 Å². The predicted octanol–water partition coefficient (Wildman–Crippen LogP) is 14.2. The fourth-order valence-corrected chi connectivity index (χ4v) is 9.74. The molecule has 0 bridgehead atoms. The highest BCUT2D eigenvalue weighted by atomic mass is 15.1. The van der Waals surface area contributed by atoms with Crippen molar-refractivity contribution in [1.82, 2.24) is 4.57 Å². The van der Waals surface area contributed by atoms with Crippen molar-refractivity contribution >= 4 is 76.4 Å². The quantitative estimate of drug-likeness (QED) is 0.0968. The van der Waals surface area contributed by atoms with Crippen molar-refractivity contribution in [2.75, 3.05) is 0 Å². The van der Waals surface area contributed by atoms with E-state index in [1.54, 1.807) is 0 Å². The summed E-state index contributed by atoms with van der Waals surface area (Å²) in [7, 11) is 0. The Bertz CT molecular complexity index is 3250. The van der Waals surface area contributed by atoms with Crippen LogP contribution in [0, 0.1) is 5.92 Å². The van der Waals surface area contributed by atoms with Gasteiger partial charge in [-0.3, -0.25) is 4.57 Å². The Morgan fingerprint density at radius 2 is 1.16 bits per heavy atom. The lowest BCUT2D eigenvalue weighted by Crippen LogP contribution is -2.15. The summed E-state index contributed by atoms with van der Waals surface area (Å²) in [4.78, 5) is 5.71. The number of aromatic nitrogens is 1. The fourth-order valence-electron chi connectivity index (χ4n) is 9.74. The summed E-state index contributed by atoms with van der Waals surface area (Å²) in [6, 6.07) is 51.9. The summed E-state index contributed by atoms with van der Waals surface area (Å²) < 4.78 is 2.45. The summed E-state index contributed by atoms with van der Waals surface area (Å²) in [6.45, 7) is 9.21. The first-order chi connectivity index (χ1) is 26.9. The van der Waals surface area contributed by atoms with Crippen LogP contribution in [0.1, 0.15) is 44.4 Å². The molecule has 0 aliphatic heterocycles. The standard InChI is InChI=1S/C53H40N2/c1-32-15-5-8-18-37(32)52(36-26-25-34-16-6-7-17-35(34)27-36)54-33(2)55-50-30-44-41-22-12-10-20-39(41)38-19-9-11-21-40(38)43(44)28-46(50)47-29-45-42-23-13-14-24-48(42)53(3,4)49(45)31-51(47)55/h5-32H,1-4H3/b52-37-,54-33?. The van der Waals surface area contributed by atoms with Crippen LogP contribution in [0.3, 0.4) is 0 Å². The van der Waals surface area contributed by atoms with Gasteiger partial charge in [-0.2, -0.15) is 0 Å². The minimum atomic E-state index is -0.129. The van der Waals surface area contributed by atoms with Crippen molar-refractivity contribution in [3.8, 4) is 11.1 Å². The first-order valence-electron chi connectivity index (χ1n) is 19.5. The van der Waals surface area contributed by atoms with Gasteiger partial charge >= 0.3 is 0 Å². The largest absolute Gasteiger partial charge is 0.297 e. The molecule has 0 saturated heterocycles. The van der Waals surface area contributed by atoms with E-state index in [-0.39, 0.29) is 11.3 Å². The first-order valence-corrected chi connectivity index (χ1v) is 19.5. The number of hydrogen-bond donors (Lipinski definition) is 0. The molecule has 2 nitrogen and oxygen atoms in total. The van der Waals surface area contributed by atoms with Crippen molar-refractivity contribution in [3.05, 3.63) is 186 Å². The molecule has 1 heterocycles. The number of hydrogen-bond acceptors (Lipinski definition) is 1. The average Bonchev–Trinajstić information content (AvgIpc) is 3.65. The van der Waals surface area contributed by atoms with Crippen molar-refractivity contribution in [2.45, 2.75) is 33.1 Å². The van der Waals surface area contributed by atoms with E-state index in [9.17, 15) is 0 Å². The number of nitrogens with zero attached hydrogens (tertiary/aromatic N) is 2. The zero-order valence-electron chi connectivity index (χ0n) is 31.6. The van der Waals surface area contributed by atoms with Gasteiger partial charge in [0.05, 0.1) is 16.7 Å². The molecule has 11 rings (SSSR count). The average molecular weight is 705 g/mol. The minimum absolute atomic E-state index is 0.129. The van der Waals surface area contributed by atoms with Gasteiger partial charge in [0.2, 0.25) is 0 Å². The summed E-state index contributed by atoms with van der Waals surface area (Å²) in [6.07, 6.45) is 8.81. The van der Waals surface area contributed by atoms with Crippen LogP contribution in [-0.2, 0) is 5.41 Å². The molecule has 1 aromatic heterocycles. The van der Waals surface area contributed by atoms with Crippen LogP contribution >= 0.6 is 0 Å². The molecular weight excluding hydrogens is 665 g/mol. The third kappa shape index (κ3) is 4.64. The van der Waals surface area contributed by atoms with Crippen molar-refractivity contribution < 1.29 is 0 Å². The normalized spacial score (nSPS) is 17.2. The minimum Gasteiger partial charge on any atom is -0.297 e. The molecule has 0 radical (unpaired) electrons. The molecule has 0 spiro atoms. The van der Waals surface area contributed by atoms with Crippen molar-refractivity contribution in [3.63, 3.8) is 0 Å². The molecular formula is C53H40N2. The number of fused-ring (bicyclic) bond motifs is 13. The Balaban J connectivity index is 1.27. The lowest BCUT2D eigenvalue weighted by Gasteiger charge is -2.22. The van der Waals surface area contributed by atoms with Crippen LogP contribution in [0.25, 0.3) is 81.7 Å². The van der Waals surface area contributed by atoms with Gasteiger partial charge in [-0.15, -0.1) is 0 Å². The van der Waals surface area contributed by atoms with E-state index in [1.165, 1.54) is 92.7 Å². The van der Waals surface area contributed by atoms with Gasteiger partial charge in [-0.05, 0) is 108 Å². The molecule has 0 amide bonds. The van der Waals surface area contributed by atoms with Crippen LogP contribution in [0.4, 0.5) is 0 Å². The second-order valence-corrected chi connectivity index (χ2v) is 16.0. The van der Waals surface area contributed by atoms with Crippen molar-refractivity contribution in [2.24, 2.45) is 10.9 Å². The highest BCUT2D eigenvalue weighted by molar-refractivity contribution is 6.29. The van der Waals surface area contributed by atoms with E-state index in [0.29, 0.717) is 0 Å². The van der Waals surface area contributed by atoms with Crippen LogP contribution in [0.5, 0.6) is 0 Å². The third-order valence-electron chi connectivity index (χ3n) is 12.5. The lowest BCUT2D eigenvalue weighted by molar-refractivity contribution is 0.661. The maximum absolute atomic E-state index is 5.71. The Morgan fingerprint density at radius 3 is 1.91 bits per heavy atom. The number of aliphatic imine (C=N–C) groups is 1. The Hall–Kier alpha value is -6.51. The first kappa shape index (κ1) is 32.0. The van der Waals surface area contributed by atoms with E-state index in [2.05, 4.69) is 196 Å². The van der Waals surface area contributed by atoms with E-state index >= 15 is 0 Å². The van der Waals surface area contributed by atoms with Crippen LogP contribution in [-0.4, -0.2) is 10.4 Å². The summed E-state index contributed by atoms with van der Waals surface area (Å²) in [5.41, 5.74) is 11.0. The Morgan fingerprint density at radius 1 is 0.545 bits per heavy atom. The molecule has 1 atom stereocenters. The maximum atomic E-state index is 5.71. The molecule has 0 fully saturated rings. The second-order valence-electron chi connectivity index (χ2n) is 16.0. The molecule has 262 valence electrons. The summed E-state index contributed by atoms with van der Waals surface area (Å²) in [5, 5.41) is 12.6. The van der Waals surface area contributed by atoms with Gasteiger partial charge in [0, 0.05) is 27.7 Å². The summed E-state index contributed by atoms with van der Waals surface area (Å²) >= 11 is 0. The van der Waals surface area contributed by atoms with Gasteiger partial charge in [-0.25, -0.2) is 4.99 Å². The fraction of sp³-hybridized carbons (Fsp3) is 0.113. The molecule has 1 unspecified atom stereocenters. The van der Waals surface area contributed by atoms with Crippen LogP contribution in [0.2, 0.25) is 0 Å². The molecule has 2 heteroatoms. The second kappa shape index (κ2) is 11.7. The zero-order chi connectivity index (χ0) is 37.0. The molecule has 2 aliphatic rings. The van der Waals surface area contributed by atoms with Gasteiger partial charge in [-0.1, -0.05) is 154 Å². The van der Waals surface area contributed by atoms with Crippen LogP contribution in [0.15, 0.2) is 174 Å². The molecule has 8 aromatic carbocycles. The number of allylic oxidation sites excluding steroid dienone is 5. The van der Waals surface area contributed by atoms with Gasteiger partial charge in [0.1, 0.15) is 5.84 Å². The van der Waals surface area contributed by atoms with E-state index in [4.69, 9.17) is 4.99 Å². The highest BCUT2D eigenvalue weighted by Gasteiger charge is 2.36. The predicted molar refractivity (Wildman–Crippen MR) is 236 cm³/mol. The smallest absolute Gasteiger partial charge is 0.111 e. The molecule has 9 aromatic rings.